The zero-order valence-corrected chi connectivity index (χ0v) is 14.0. The molecule has 3 N–H and O–H groups in total. The van der Waals surface area contributed by atoms with Crippen molar-refractivity contribution in [3.05, 3.63) is 31.2 Å². The van der Waals surface area contributed by atoms with Gasteiger partial charge < -0.3 is 20.1 Å². The zero-order chi connectivity index (χ0) is 17.0. The van der Waals surface area contributed by atoms with Gasteiger partial charge in [0, 0.05) is 19.3 Å². The summed E-state index contributed by atoms with van der Waals surface area (Å²) in [6.45, 7) is 6.50. The van der Waals surface area contributed by atoms with Gasteiger partial charge in [-0.1, -0.05) is 6.08 Å². The number of allylic oxidation sites excluding steroid dienone is 1. The van der Waals surface area contributed by atoms with Gasteiger partial charge in [0.1, 0.15) is 17.8 Å². The molecule has 2 heterocycles. The minimum atomic E-state index is -1.50. The van der Waals surface area contributed by atoms with Crippen molar-refractivity contribution in [3.8, 4) is 0 Å². The number of hydrogen-bond acceptors (Lipinski definition) is 5. The number of hydrogen-bond donors (Lipinski definition) is 3. The first-order valence-electron chi connectivity index (χ1n) is 7.90. The highest BCUT2D eigenvalue weighted by molar-refractivity contribution is 5.87. The van der Waals surface area contributed by atoms with Gasteiger partial charge in [-0.05, 0) is 45.1 Å². The molecule has 0 radical (unpaired) electrons. The van der Waals surface area contributed by atoms with E-state index in [2.05, 4.69) is 44.8 Å². The third-order valence-electron chi connectivity index (χ3n) is 3.92. The molecule has 2 atom stereocenters. The van der Waals surface area contributed by atoms with Gasteiger partial charge in [-0.2, -0.15) is 0 Å². The molecule has 23 heavy (non-hydrogen) atoms. The minimum Gasteiger partial charge on any atom is -0.372 e. The Hall–Kier alpha value is -1.92. The molecule has 3 rings (SSSR count). The van der Waals surface area contributed by atoms with E-state index in [1.807, 2.05) is 7.05 Å². The van der Waals surface area contributed by atoms with Gasteiger partial charge in [-0.15, -0.1) is 6.58 Å². The lowest BCUT2D eigenvalue weighted by Gasteiger charge is -2.13. The fourth-order valence-corrected chi connectivity index (χ4v) is 2.92. The van der Waals surface area contributed by atoms with E-state index >= 15 is 0 Å². The summed E-state index contributed by atoms with van der Waals surface area (Å²) in [5, 5.41) is 20.4. The maximum Gasteiger partial charge on any atom is 0.156 e. The third kappa shape index (κ3) is 4.53. The van der Waals surface area contributed by atoms with E-state index in [9.17, 15) is 0 Å². The quantitative estimate of drug-likeness (QED) is 0.599. The van der Waals surface area contributed by atoms with Gasteiger partial charge in [-0.25, -0.2) is 9.97 Å². The van der Waals surface area contributed by atoms with Crippen LogP contribution < -0.4 is 5.32 Å². The monoisotopic (exact) mass is 318 g/mol. The van der Waals surface area contributed by atoms with E-state index in [4.69, 9.17) is 10.2 Å². The van der Waals surface area contributed by atoms with Crippen LogP contribution in [0.5, 0.6) is 0 Å². The smallest absolute Gasteiger partial charge is 0.156 e. The van der Waals surface area contributed by atoms with Crippen LogP contribution in [0.4, 0.5) is 5.82 Å². The van der Waals surface area contributed by atoms with E-state index in [-0.39, 0.29) is 0 Å². The molecular weight excluding hydrogens is 292 g/mol. The minimum absolute atomic E-state index is 0.546. The predicted octanol–water partition coefficient (Wildman–Crippen LogP) is 2.71. The van der Waals surface area contributed by atoms with Crippen molar-refractivity contribution in [3.63, 3.8) is 0 Å². The zero-order valence-electron chi connectivity index (χ0n) is 14.0. The number of anilines is 1. The molecule has 2 unspecified atom stereocenters. The Labute approximate surface area is 136 Å². The number of rotatable bonds is 3. The van der Waals surface area contributed by atoms with Crippen molar-refractivity contribution < 1.29 is 10.2 Å². The molecule has 126 valence electrons. The number of nitrogens with one attached hydrogen (secondary N) is 1. The number of aromatic nitrogens is 3. The van der Waals surface area contributed by atoms with Gasteiger partial charge in [0.25, 0.3) is 0 Å². The van der Waals surface area contributed by atoms with Crippen molar-refractivity contribution in [2.24, 2.45) is 5.92 Å². The number of fused-ring (bicyclic) bond motifs is 1. The summed E-state index contributed by atoms with van der Waals surface area (Å²) in [5.41, 5.74) is 1.03. The fraction of sp³-hybridized carbons (Fsp3) is 0.529. The first-order valence-corrected chi connectivity index (χ1v) is 7.90. The summed E-state index contributed by atoms with van der Waals surface area (Å²) in [4.78, 5) is 8.68. The average molecular weight is 318 g/mol. The number of aliphatic hydroxyl groups is 2. The van der Waals surface area contributed by atoms with Crippen molar-refractivity contribution in [1.82, 2.24) is 14.5 Å². The maximum atomic E-state index is 8.08. The van der Waals surface area contributed by atoms with Crippen LogP contribution in [0.1, 0.15) is 39.2 Å². The Morgan fingerprint density at radius 1 is 1.35 bits per heavy atom. The second-order valence-corrected chi connectivity index (χ2v) is 6.39. The van der Waals surface area contributed by atoms with Crippen LogP contribution in [0, 0.1) is 5.92 Å². The van der Waals surface area contributed by atoms with Gasteiger partial charge in [-0.3, -0.25) is 0 Å². The third-order valence-corrected chi connectivity index (χ3v) is 3.92. The van der Waals surface area contributed by atoms with Crippen LogP contribution in [-0.2, 0) is 0 Å². The second-order valence-electron chi connectivity index (χ2n) is 6.39. The van der Waals surface area contributed by atoms with Crippen molar-refractivity contribution in [1.29, 1.82) is 0 Å². The first kappa shape index (κ1) is 17.4. The predicted molar refractivity (Wildman–Crippen MR) is 92.2 cm³/mol. The molecule has 1 aliphatic carbocycles. The normalized spacial score (nSPS) is 20.9. The van der Waals surface area contributed by atoms with Crippen LogP contribution in [0.3, 0.4) is 0 Å². The Balaban J connectivity index is 0.000000338. The Morgan fingerprint density at radius 3 is 2.61 bits per heavy atom. The molecule has 2 aromatic rings. The van der Waals surface area contributed by atoms with Crippen molar-refractivity contribution >= 4 is 16.9 Å². The van der Waals surface area contributed by atoms with Crippen LogP contribution in [-0.4, -0.2) is 37.6 Å². The van der Waals surface area contributed by atoms with E-state index in [1.54, 1.807) is 6.33 Å². The molecule has 1 saturated carbocycles. The lowest BCUT2D eigenvalue weighted by atomic mass is 10.1. The lowest BCUT2D eigenvalue weighted by Crippen LogP contribution is -2.15. The molecule has 0 aliphatic heterocycles. The Kier molecular flexibility index (Phi) is 5.38. The molecule has 0 saturated heterocycles. The van der Waals surface area contributed by atoms with Gasteiger partial charge in [0.15, 0.2) is 5.79 Å². The topological polar surface area (TPSA) is 83.2 Å². The standard InChI is InChI=1S/C14H18N4.C3H8O2/c1-3-10-4-5-11(8-10)18-7-6-12-13(15-2)16-9-17-14(12)18;1-3(2,4)5/h3,6-7,9-11H,1,4-5,8H2,2H3,(H,15,16,17);4-5H,1-2H3. The summed E-state index contributed by atoms with van der Waals surface area (Å²) in [6, 6.07) is 2.65. The maximum absolute atomic E-state index is 8.08. The lowest BCUT2D eigenvalue weighted by molar-refractivity contribution is -0.127. The van der Waals surface area contributed by atoms with Gasteiger partial charge >= 0.3 is 0 Å². The summed E-state index contributed by atoms with van der Waals surface area (Å²) in [6.07, 6.45) is 9.46. The highest BCUT2D eigenvalue weighted by Crippen LogP contribution is 2.37. The molecule has 1 aliphatic rings. The summed E-state index contributed by atoms with van der Waals surface area (Å²) < 4.78 is 2.29. The Morgan fingerprint density at radius 2 is 2.04 bits per heavy atom. The van der Waals surface area contributed by atoms with Crippen LogP contribution in [0.2, 0.25) is 0 Å². The SMILES string of the molecule is C=CC1CCC(n2ccc3c(NC)ncnc32)C1.CC(C)(O)O. The summed E-state index contributed by atoms with van der Waals surface area (Å²) in [5.74, 6) is 0.0510. The van der Waals surface area contributed by atoms with Crippen molar-refractivity contribution in [2.45, 2.75) is 44.9 Å². The average Bonchev–Trinajstić information content (AvgIpc) is 3.10. The largest absolute Gasteiger partial charge is 0.372 e. The molecule has 6 nitrogen and oxygen atoms in total. The van der Waals surface area contributed by atoms with Gasteiger partial charge in [0.05, 0.1) is 5.39 Å². The fourth-order valence-electron chi connectivity index (χ4n) is 2.92. The van der Waals surface area contributed by atoms with Crippen LogP contribution >= 0.6 is 0 Å². The molecule has 0 aromatic carbocycles. The molecule has 0 amide bonds. The molecule has 2 aromatic heterocycles. The van der Waals surface area contributed by atoms with E-state index in [0.717, 1.165) is 16.9 Å². The van der Waals surface area contributed by atoms with Crippen LogP contribution in [0.15, 0.2) is 31.2 Å². The Bertz CT molecular complexity index is 654. The summed E-state index contributed by atoms with van der Waals surface area (Å²) >= 11 is 0. The van der Waals surface area contributed by atoms with E-state index in [1.165, 1.54) is 33.1 Å². The summed E-state index contributed by atoms with van der Waals surface area (Å²) in [7, 11) is 1.89. The molecule has 0 spiro atoms. The van der Waals surface area contributed by atoms with Crippen molar-refractivity contribution in [2.75, 3.05) is 12.4 Å². The molecule has 1 fully saturated rings. The molecule has 6 heteroatoms. The highest BCUT2D eigenvalue weighted by Gasteiger charge is 2.25. The van der Waals surface area contributed by atoms with Crippen LogP contribution in [0.25, 0.3) is 11.0 Å². The molecular formula is C17H26N4O2. The van der Waals surface area contributed by atoms with Gasteiger partial charge in [0.2, 0.25) is 0 Å². The second kappa shape index (κ2) is 7.10. The number of nitrogens with zero attached hydrogens (tertiary/aromatic N) is 3. The highest BCUT2D eigenvalue weighted by atomic mass is 16.5. The van der Waals surface area contributed by atoms with E-state index < -0.39 is 5.79 Å². The molecule has 0 bridgehead atoms. The first-order chi connectivity index (χ1) is 10.8. The van der Waals surface area contributed by atoms with E-state index in [0.29, 0.717) is 12.0 Å².